The smallest absolute Gasteiger partial charge is 0.293 e. The fourth-order valence-electron chi connectivity index (χ4n) is 2.48. The number of benzene rings is 1. The van der Waals surface area contributed by atoms with Gasteiger partial charge in [-0.3, -0.25) is 10.1 Å². The zero-order valence-electron chi connectivity index (χ0n) is 11.2. The standard InChI is InChI=1S/C12H17N3O5S/c13-21(19,20)10-3-4-11(12(6-10)15(17)18)14-7-8-1-2-9(16)5-8/h3-4,6,8-9,14,16H,1-2,5,7H2,(H2,13,19,20)/t8-,9+/m0/s1. The van der Waals surface area contributed by atoms with Crippen LogP contribution in [0.4, 0.5) is 11.4 Å². The number of hydrogen-bond acceptors (Lipinski definition) is 6. The van der Waals surface area contributed by atoms with Gasteiger partial charge in [-0.15, -0.1) is 0 Å². The Labute approximate surface area is 122 Å². The van der Waals surface area contributed by atoms with Gasteiger partial charge in [0.15, 0.2) is 0 Å². The lowest BCUT2D eigenvalue weighted by atomic mass is 10.1. The highest BCUT2D eigenvalue weighted by atomic mass is 32.2. The fourth-order valence-corrected chi connectivity index (χ4v) is 3.01. The van der Waals surface area contributed by atoms with Crippen molar-refractivity contribution < 1.29 is 18.4 Å². The Morgan fingerprint density at radius 2 is 2.14 bits per heavy atom. The molecule has 1 fully saturated rings. The van der Waals surface area contributed by atoms with E-state index >= 15 is 0 Å². The summed E-state index contributed by atoms with van der Waals surface area (Å²) in [6, 6.07) is 3.51. The second kappa shape index (κ2) is 5.96. The summed E-state index contributed by atoms with van der Waals surface area (Å²) in [6.07, 6.45) is 1.95. The molecule has 8 nitrogen and oxygen atoms in total. The second-order valence-electron chi connectivity index (χ2n) is 5.19. The van der Waals surface area contributed by atoms with E-state index in [-0.39, 0.29) is 28.3 Å². The van der Waals surface area contributed by atoms with Crippen LogP contribution in [-0.2, 0) is 10.0 Å². The zero-order chi connectivity index (χ0) is 15.6. The first-order valence-electron chi connectivity index (χ1n) is 6.50. The SMILES string of the molecule is NS(=O)(=O)c1ccc(NC[C@H]2CC[C@@H](O)C2)c([N+](=O)[O-])c1. The van der Waals surface area contributed by atoms with Crippen LogP contribution in [0.15, 0.2) is 23.1 Å². The lowest BCUT2D eigenvalue weighted by Gasteiger charge is -2.12. The third-order valence-corrected chi connectivity index (χ3v) is 4.50. The van der Waals surface area contributed by atoms with E-state index in [1.165, 1.54) is 12.1 Å². The normalized spacial score (nSPS) is 22.2. The number of aliphatic hydroxyl groups excluding tert-OH is 1. The van der Waals surface area contributed by atoms with E-state index in [0.29, 0.717) is 13.0 Å². The van der Waals surface area contributed by atoms with Crippen LogP contribution < -0.4 is 10.5 Å². The third-order valence-electron chi connectivity index (χ3n) is 3.59. The van der Waals surface area contributed by atoms with Crippen molar-refractivity contribution in [2.24, 2.45) is 11.1 Å². The van der Waals surface area contributed by atoms with Gasteiger partial charge in [-0.1, -0.05) is 0 Å². The number of nitrogens with two attached hydrogens (primary N) is 1. The molecule has 0 radical (unpaired) electrons. The van der Waals surface area contributed by atoms with Crippen molar-refractivity contribution in [3.05, 3.63) is 28.3 Å². The number of nitrogens with one attached hydrogen (secondary N) is 1. The molecule has 2 atom stereocenters. The first kappa shape index (κ1) is 15.7. The zero-order valence-corrected chi connectivity index (χ0v) is 12.0. The highest BCUT2D eigenvalue weighted by molar-refractivity contribution is 7.89. The number of nitrogens with zero attached hydrogens (tertiary/aromatic N) is 1. The Morgan fingerprint density at radius 3 is 2.67 bits per heavy atom. The topological polar surface area (TPSA) is 136 Å². The summed E-state index contributed by atoms with van der Waals surface area (Å²) in [7, 11) is -3.98. The quantitative estimate of drug-likeness (QED) is 0.543. The summed E-state index contributed by atoms with van der Waals surface area (Å²) >= 11 is 0. The Hall–Kier alpha value is -1.71. The van der Waals surface area contributed by atoms with Gasteiger partial charge in [0.1, 0.15) is 5.69 Å². The van der Waals surface area contributed by atoms with Gasteiger partial charge in [0, 0.05) is 12.6 Å². The summed E-state index contributed by atoms with van der Waals surface area (Å²) in [5.41, 5.74) is -0.0890. The molecule has 0 bridgehead atoms. The predicted molar refractivity (Wildman–Crippen MR) is 76.3 cm³/mol. The van der Waals surface area contributed by atoms with Gasteiger partial charge in [0.2, 0.25) is 10.0 Å². The van der Waals surface area contributed by atoms with Crippen LogP contribution in [0.25, 0.3) is 0 Å². The van der Waals surface area contributed by atoms with E-state index in [9.17, 15) is 23.6 Å². The van der Waals surface area contributed by atoms with Crippen LogP contribution in [-0.4, -0.2) is 31.1 Å². The van der Waals surface area contributed by atoms with E-state index in [1.54, 1.807) is 0 Å². The highest BCUT2D eigenvalue weighted by Crippen LogP contribution is 2.30. The van der Waals surface area contributed by atoms with Crippen LogP contribution in [0.5, 0.6) is 0 Å². The molecular weight excluding hydrogens is 298 g/mol. The minimum Gasteiger partial charge on any atom is -0.393 e. The lowest BCUT2D eigenvalue weighted by Crippen LogP contribution is -2.15. The monoisotopic (exact) mass is 315 g/mol. The van der Waals surface area contributed by atoms with Gasteiger partial charge in [-0.2, -0.15) is 0 Å². The van der Waals surface area contributed by atoms with Crippen LogP contribution >= 0.6 is 0 Å². The minimum atomic E-state index is -3.98. The average molecular weight is 315 g/mol. The maximum absolute atomic E-state index is 11.2. The third kappa shape index (κ3) is 3.90. The maximum atomic E-state index is 11.2. The number of sulfonamides is 1. The van der Waals surface area contributed by atoms with Crippen LogP contribution in [0.3, 0.4) is 0 Å². The molecule has 0 aliphatic heterocycles. The summed E-state index contributed by atoms with van der Waals surface area (Å²) in [5, 5.41) is 28.4. The van der Waals surface area contributed by atoms with Crippen LogP contribution in [0.2, 0.25) is 0 Å². The van der Waals surface area contributed by atoms with Gasteiger partial charge >= 0.3 is 0 Å². The fraction of sp³-hybridized carbons (Fsp3) is 0.500. The molecule has 0 spiro atoms. The van der Waals surface area contributed by atoms with E-state index in [4.69, 9.17) is 5.14 Å². The van der Waals surface area contributed by atoms with Gasteiger partial charge in [0.25, 0.3) is 5.69 Å². The Kier molecular flexibility index (Phi) is 4.45. The van der Waals surface area contributed by atoms with Crippen LogP contribution in [0, 0.1) is 16.0 Å². The molecule has 0 heterocycles. The summed E-state index contributed by atoms with van der Waals surface area (Å²) in [4.78, 5) is 10.1. The number of primary sulfonamides is 1. The number of nitro groups is 1. The molecule has 4 N–H and O–H groups in total. The molecule has 0 aromatic heterocycles. The molecule has 0 saturated heterocycles. The van der Waals surface area contributed by atoms with Gasteiger partial charge in [-0.25, -0.2) is 13.6 Å². The molecular formula is C12H17N3O5S. The summed E-state index contributed by atoms with van der Waals surface area (Å²) in [6.45, 7) is 0.493. The van der Waals surface area contributed by atoms with Crippen molar-refractivity contribution in [2.75, 3.05) is 11.9 Å². The van der Waals surface area contributed by atoms with Crippen molar-refractivity contribution in [3.63, 3.8) is 0 Å². The van der Waals surface area contributed by atoms with Gasteiger partial charge < -0.3 is 10.4 Å². The van der Waals surface area contributed by atoms with E-state index in [1.807, 2.05) is 0 Å². The van der Waals surface area contributed by atoms with Crippen molar-refractivity contribution in [3.8, 4) is 0 Å². The largest absolute Gasteiger partial charge is 0.393 e. The molecule has 116 valence electrons. The van der Waals surface area contributed by atoms with Crippen molar-refractivity contribution in [1.82, 2.24) is 0 Å². The molecule has 1 saturated carbocycles. The first-order valence-corrected chi connectivity index (χ1v) is 8.05. The molecule has 21 heavy (non-hydrogen) atoms. The number of rotatable bonds is 5. The van der Waals surface area contributed by atoms with Crippen LogP contribution in [0.1, 0.15) is 19.3 Å². The van der Waals surface area contributed by atoms with Crippen molar-refractivity contribution in [2.45, 2.75) is 30.3 Å². The number of aliphatic hydroxyl groups is 1. The maximum Gasteiger partial charge on any atom is 0.293 e. The van der Waals surface area contributed by atoms with Crippen molar-refractivity contribution >= 4 is 21.4 Å². The Bertz CT molecular complexity index is 646. The predicted octanol–water partition coefficient (Wildman–Crippen LogP) is 0.815. The molecule has 0 unspecified atom stereocenters. The highest BCUT2D eigenvalue weighted by Gasteiger charge is 2.24. The molecule has 9 heteroatoms. The lowest BCUT2D eigenvalue weighted by molar-refractivity contribution is -0.384. The summed E-state index contributed by atoms with van der Waals surface area (Å²) < 4.78 is 22.5. The minimum absolute atomic E-state index is 0.244. The average Bonchev–Trinajstić information content (AvgIpc) is 2.80. The Balaban J connectivity index is 2.17. The van der Waals surface area contributed by atoms with E-state index in [0.717, 1.165) is 18.9 Å². The number of hydrogen-bond donors (Lipinski definition) is 3. The number of anilines is 1. The number of nitro benzene ring substituents is 1. The molecule has 1 aromatic rings. The Morgan fingerprint density at radius 1 is 1.43 bits per heavy atom. The summed E-state index contributed by atoms with van der Waals surface area (Å²) in [5.74, 6) is 0.248. The first-order chi connectivity index (χ1) is 9.77. The van der Waals surface area contributed by atoms with E-state index in [2.05, 4.69) is 5.32 Å². The molecule has 1 aromatic carbocycles. The van der Waals surface area contributed by atoms with Gasteiger partial charge in [-0.05, 0) is 37.3 Å². The second-order valence-corrected chi connectivity index (χ2v) is 6.76. The van der Waals surface area contributed by atoms with E-state index < -0.39 is 14.9 Å². The van der Waals surface area contributed by atoms with Crippen molar-refractivity contribution in [1.29, 1.82) is 0 Å². The molecule has 1 aliphatic rings. The van der Waals surface area contributed by atoms with Gasteiger partial charge in [0.05, 0.1) is 15.9 Å². The molecule has 2 rings (SSSR count). The molecule has 0 amide bonds. The molecule has 1 aliphatic carbocycles.